The number of aryl methyl sites for hydroxylation is 1. The zero-order valence-corrected chi connectivity index (χ0v) is 18.1. The maximum Gasteiger partial charge on any atom is 0.339 e. The molecule has 1 aliphatic rings. The number of fused-ring (bicyclic) bond motifs is 2. The number of hydrogen-bond donors (Lipinski definition) is 0. The number of halogens is 1. The summed E-state index contributed by atoms with van der Waals surface area (Å²) >= 11 is 3.61. The van der Waals surface area contributed by atoms with E-state index in [-0.39, 0.29) is 5.97 Å². The SMILES string of the molecule is CCOC(=O)c1ccc2c(C)c(-c3cc4ccc(Br)cc4n3CC3CC3)nn2c1. The molecule has 0 spiro atoms. The van der Waals surface area contributed by atoms with E-state index < -0.39 is 0 Å². The van der Waals surface area contributed by atoms with E-state index >= 15 is 0 Å². The van der Waals surface area contributed by atoms with Gasteiger partial charge < -0.3 is 9.30 Å². The molecule has 5 rings (SSSR count). The van der Waals surface area contributed by atoms with Crippen molar-refractivity contribution in [2.75, 3.05) is 6.61 Å². The highest BCUT2D eigenvalue weighted by atomic mass is 79.9. The molecular formula is C23H22BrN3O2. The van der Waals surface area contributed by atoms with Crippen molar-refractivity contribution >= 4 is 38.3 Å². The second kappa shape index (κ2) is 7.02. The van der Waals surface area contributed by atoms with Crippen LogP contribution in [0.1, 0.15) is 35.7 Å². The summed E-state index contributed by atoms with van der Waals surface area (Å²) in [6.07, 6.45) is 4.34. The van der Waals surface area contributed by atoms with Crippen LogP contribution in [0.25, 0.3) is 27.8 Å². The molecule has 1 saturated carbocycles. The van der Waals surface area contributed by atoms with Gasteiger partial charge in [-0.25, -0.2) is 9.31 Å². The summed E-state index contributed by atoms with van der Waals surface area (Å²) in [6, 6.07) is 12.4. The first-order chi connectivity index (χ1) is 14.0. The van der Waals surface area contributed by atoms with Crippen LogP contribution in [0.15, 0.2) is 47.1 Å². The van der Waals surface area contributed by atoms with Gasteiger partial charge in [-0.15, -0.1) is 0 Å². The number of hydrogen-bond acceptors (Lipinski definition) is 3. The number of nitrogens with zero attached hydrogens (tertiary/aromatic N) is 3. The van der Waals surface area contributed by atoms with Crippen LogP contribution in [0.4, 0.5) is 0 Å². The molecule has 1 fully saturated rings. The molecule has 0 amide bonds. The summed E-state index contributed by atoms with van der Waals surface area (Å²) in [4.78, 5) is 12.1. The first-order valence-corrected chi connectivity index (χ1v) is 10.8. The van der Waals surface area contributed by atoms with Crippen molar-refractivity contribution in [2.45, 2.75) is 33.2 Å². The van der Waals surface area contributed by atoms with Crippen molar-refractivity contribution in [2.24, 2.45) is 5.92 Å². The van der Waals surface area contributed by atoms with Crippen LogP contribution in [0, 0.1) is 12.8 Å². The summed E-state index contributed by atoms with van der Waals surface area (Å²) in [7, 11) is 0. The van der Waals surface area contributed by atoms with E-state index in [0.717, 1.165) is 39.4 Å². The lowest BCUT2D eigenvalue weighted by atomic mass is 10.1. The third-order valence-electron chi connectivity index (χ3n) is 5.63. The second-order valence-corrected chi connectivity index (χ2v) is 8.64. The van der Waals surface area contributed by atoms with E-state index in [2.05, 4.69) is 51.7 Å². The van der Waals surface area contributed by atoms with Gasteiger partial charge in [0, 0.05) is 33.7 Å². The molecule has 0 atom stereocenters. The number of benzene rings is 1. The molecule has 0 saturated heterocycles. The Kier molecular flexibility index (Phi) is 4.46. The molecule has 0 aliphatic heterocycles. The number of ether oxygens (including phenoxy) is 1. The maximum absolute atomic E-state index is 12.1. The van der Waals surface area contributed by atoms with Gasteiger partial charge in [-0.2, -0.15) is 5.10 Å². The van der Waals surface area contributed by atoms with Crippen molar-refractivity contribution in [3.05, 3.63) is 58.2 Å². The summed E-state index contributed by atoms with van der Waals surface area (Å²) in [5.74, 6) is 0.424. The summed E-state index contributed by atoms with van der Waals surface area (Å²) < 4.78 is 10.4. The maximum atomic E-state index is 12.1. The Morgan fingerprint density at radius 3 is 2.79 bits per heavy atom. The fourth-order valence-corrected chi connectivity index (χ4v) is 4.28. The Balaban J connectivity index is 1.67. The topological polar surface area (TPSA) is 48.5 Å². The smallest absolute Gasteiger partial charge is 0.339 e. The molecule has 1 aliphatic carbocycles. The molecule has 6 heteroatoms. The molecule has 0 radical (unpaired) electrons. The number of esters is 1. The first-order valence-electron chi connectivity index (χ1n) is 10.0. The highest BCUT2D eigenvalue weighted by Gasteiger charge is 2.25. The molecule has 148 valence electrons. The van der Waals surface area contributed by atoms with Crippen LogP contribution < -0.4 is 0 Å². The van der Waals surface area contributed by atoms with E-state index in [9.17, 15) is 4.79 Å². The van der Waals surface area contributed by atoms with Gasteiger partial charge in [0.2, 0.25) is 0 Å². The third-order valence-corrected chi connectivity index (χ3v) is 6.13. The molecular weight excluding hydrogens is 430 g/mol. The number of pyridine rings is 1. The van der Waals surface area contributed by atoms with Gasteiger partial charge in [0.1, 0.15) is 5.69 Å². The lowest BCUT2D eigenvalue weighted by molar-refractivity contribution is 0.0525. The van der Waals surface area contributed by atoms with Crippen molar-refractivity contribution < 1.29 is 9.53 Å². The van der Waals surface area contributed by atoms with E-state index in [0.29, 0.717) is 12.2 Å². The van der Waals surface area contributed by atoms with Gasteiger partial charge in [0.25, 0.3) is 0 Å². The summed E-state index contributed by atoms with van der Waals surface area (Å²) in [5, 5.41) is 6.08. The van der Waals surface area contributed by atoms with Crippen molar-refractivity contribution in [3.8, 4) is 11.4 Å². The predicted octanol–water partition coefficient (Wildman–Crippen LogP) is 5.61. The fraction of sp³-hybridized carbons (Fsp3) is 0.304. The number of rotatable bonds is 5. The van der Waals surface area contributed by atoms with Gasteiger partial charge in [0.05, 0.1) is 23.4 Å². The second-order valence-electron chi connectivity index (χ2n) is 7.73. The van der Waals surface area contributed by atoms with Gasteiger partial charge >= 0.3 is 5.97 Å². The molecule has 29 heavy (non-hydrogen) atoms. The Labute approximate surface area is 177 Å². The van der Waals surface area contributed by atoms with Gasteiger partial charge in [0.15, 0.2) is 0 Å². The lowest BCUT2D eigenvalue weighted by Crippen LogP contribution is -2.06. The Morgan fingerprint density at radius 2 is 2.03 bits per heavy atom. The standard InChI is InChI=1S/C23H22BrN3O2/c1-3-29-23(28)17-7-9-19-14(2)22(25-27(19)13-17)21-10-16-6-8-18(24)11-20(16)26(21)12-15-4-5-15/h6-11,13,15H,3-5,12H2,1-2H3. The van der Waals surface area contributed by atoms with Crippen LogP contribution in [-0.4, -0.2) is 26.8 Å². The van der Waals surface area contributed by atoms with Crippen LogP contribution >= 0.6 is 15.9 Å². The van der Waals surface area contributed by atoms with Crippen LogP contribution in [-0.2, 0) is 11.3 Å². The van der Waals surface area contributed by atoms with Crippen LogP contribution in [0.2, 0.25) is 0 Å². The Bertz CT molecular complexity index is 1250. The van der Waals surface area contributed by atoms with Crippen LogP contribution in [0.5, 0.6) is 0 Å². The Morgan fingerprint density at radius 1 is 1.21 bits per heavy atom. The predicted molar refractivity (Wildman–Crippen MR) is 117 cm³/mol. The quantitative estimate of drug-likeness (QED) is 0.370. The Hall–Kier alpha value is -2.60. The largest absolute Gasteiger partial charge is 0.462 e. The zero-order chi connectivity index (χ0) is 20.1. The summed E-state index contributed by atoms with van der Waals surface area (Å²) in [5.41, 5.74) is 5.93. The fourth-order valence-electron chi connectivity index (χ4n) is 3.93. The number of carbonyl (C=O) groups is 1. The highest BCUT2D eigenvalue weighted by molar-refractivity contribution is 9.10. The molecule has 4 aromatic rings. The molecule has 1 aromatic carbocycles. The minimum Gasteiger partial charge on any atom is -0.462 e. The number of carbonyl (C=O) groups excluding carboxylic acids is 1. The molecule has 0 N–H and O–H groups in total. The summed E-state index contributed by atoms with van der Waals surface area (Å²) in [6.45, 7) is 5.27. The van der Waals surface area contributed by atoms with Gasteiger partial charge in [-0.1, -0.05) is 22.0 Å². The van der Waals surface area contributed by atoms with Crippen molar-refractivity contribution in [1.82, 2.24) is 14.2 Å². The van der Waals surface area contributed by atoms with E-state index in [1.807, 2.05) is 19.1 Å². The van der Waals surface area contributed by atoms with Gasteiger partial charge in [-0.3, -0.25) is 0 Å². The molecule has 0 bridgehead atoms. The van der Waals surface area contributed by atoms with Crippen molar-refractivity contribution in [3.63, 3.8) is 0 Å². The molecule has 0 unspecified atom stereocenters. The third kappa shape index (κ3) is 3.25. The number of aromatic nitrogens is 3. The van der Waals surface area contributed by atoms with Crippen LogP contribution in [0.3, 0.4) is 0 Å². The molecule has 3 heterocycles. The minimum atomic E-state index is -0.322. The molecule has 5 nitrogen and oxygen atoms in total. The monoisotopic (exact) mass is 451 g/mol. The average molecular weight is 452 g/mol. The lowest BCUT2D eigenvalue weighted by Gasteiger charge is -2.09. The minimum absolute atomic E-state index is 0.322. The first kappa shape index (κ1) is 18.4. The van der Waals surface area contributed by atoms with E-state index in [1.54, 1.807) is 10.7 Å². The zero-order valence-electron chi connectivity index (χ0n) is 16.5. The average Bonchev–Trinajstić information content (AvgIpc) is 3.39. The van der Waals surface area contributed by atoms with E-state index in [1.165, 1.54) is 23.7 Å². The van der Waals surface area contributed by atoms with Crippen molar-refractivity contribution in [1.29, 1.82) is 0 Å². The van der Waals surface area contributed by atoms with Gasteiger partial charge in [-0.05, 0) is 62.9 Å². The highest BCUT2D eigenvalue weighted by Crippen LogP contribution is 2.37. The molecule has 3 aromatic heterocycles. The normalized spacial score (nSPS) is 14.0. The van der Waals surface area contributed by atoms with E-state index in [4.69, 9.17) is 9.84 Å².